The van der Waals surface area contributed by atoms with Crippen LogP contribution in [0.1, 0.15) is 48.0 Å². The first-order chi connectivity index (χ1) is 17.7. The summed E-state index contributed by atoms with van der Waals surface area (Å²) in [6.07, 6.45) is -12.6. The van der Waals surface area contributed by atoms with Crippen molar-refractivity contribution in [2.75, 3.05) is 7.11 Å². The van der Waals surface area contributed by atoms with E-state index in [1.807, 2.05) is 0 Å². The van der Waals surface area contributed by atoms with E-state index in [2.05, 4.69) is 0 Å². The molecule has 2 rings (SSSR count). The average molecular weight is 548 g/mol. The molecule has 0 bridgehead atoms. The molecule has 2 saturated heterocycles. The number of carbonyl (C=O) groups excluding carboxylic acids is 6. The van der Waals surface area contributed by atoms with Crippen LogP contribution in [0.5, 0.6) is 0 Å². The summed E-state index contributed by atoms with van der Waals surface area (Å²) in [6.45, 7) is 6.98. The quantitative estimate of drug-likeness (QED) is 0.284. The zero-order valence-electron chi connectivity index (χ0n) is 22.0. The molecule has 2 aliphatic rings. The summed E-state index contributed by atoms with van der Waals surface area (Å²) in [5, 5.41) is 0. The third-order valence-corrected chi connectivity index (χ3v) is 5.37. The van der Waals surface area contributed by atoms with Gasteiger partial charge in [0.05, 0.1) is 13.2 Å². The molecule has 2 fully saturated rings. The highest BCUT2D eigenvalue weighted by molar-refractivity contribution is 5.75. The fourth-order valence-electron chi connectivity index (χ4n) is 4.07. The van der Waals surface area contributed by atoms with E-state index >= 15 is 0 Å². The van der Waals surface area contributed by atoms with Crippen LogP contribution in [-0.2, 0) is 71.4 Å². The Kier molecular flexibility index (Phi) is 11.0. The van der Waals surface area contributed by atoms with Gasteiger partial charge in [-0.1, -0.05) is 0 Å². The van der Waals surface area contributed by atoms with Crippen LogP contribution in [0.15, 0.2) is 0 Å². The molecule has 214 valence electrons. The first-order valence-electron chi connectivity index (χ1n) is 11.6. The van der Waals surface area contributed by atoms with E-state index in [0.29, 0.717) is 0 Å². The molecule has 15 heteroatoms. The van der Waals surface area contributed by atoms with Crippen molar-refractivity contribution in [3.8, 4) is 0 Å². The summed E-state index contributed by atoms with van der Waals surface area (Å²) in [5.41, 5.74) is 0. The molecule has 0 saturated carbocycles. The SMILES string of the molecule is COC(=O)C1C[C@H](OC(C)=O)[C@@H](OC(C)=O)[C@@H](O[C@H]2C(OC(C)=O)O[C@@H](C)[C@H](OC(C)=O)[C@H]2OC(C)=O)O1. The van der Waals surface area contributed by atoms with E-state index in [9.17, 15) is 28.8 Å². The Balaban J connectivity index is 2.55. The molecule has 0 radical (unpaired) electrons. The molecule has 2 unspecified atom stereocenters. The Labute approximate surface area is 218 Å². The third kappa shape index (κ3) is 8.36. The highest BCUT2D eigenvalue weighted by Crippen LogP contribution is 2.34. The van der Waals surface area contributed by atoms with E-state index in [4.69, 9.17) is 42.6 Å². The number of rotatable bonds is 8. The minimum atomic E-state index is -1.67. The largest absolute Gasteiger partial charge is 0.467 e. The summed E-state index contributed by atoms with van der Waals surface area (Å²) in [5.74, 6) is -4.74. The van der Waals surface area contributed by atoms with Crippen LogP contribution in [0.3, 0.4) is 0 Å². The van der Waals surface area contributed by atoms with Gasteiger partial charge in [0.1, 0.15) is 6.10 Å². The van der Waals surface area contributed by atoms with E-state index in [1.54, 1.807) is 0 Å². The molecule has 0 amide bonds. The first-order valence-corrected chi connectivity index (χ1v) is 11.6. The topological polar surface area (TPSA) is 185 Å². The monoisotopic (exact) mass is 548 g/mol. The minimum Gasteiger partial charge on any atom is -0.467 e. The second-order valence-corrected chi connectivity index (χ2v) is 8.54. The molecule has 0 N–H and O–H groups in total. The van der Waals surface area contributed by atoms with Gasteiger partial charge < -0.3 is 42.6 Å². The molecule has 15 nitrogen and oxygen atoms in total. The van der Waals surface area contributed by atoms with Crippen LogP contribution in [0.4, 0.5) is 0 Å². The number of methoxy groups -OCH3 is 1. The van der Waals surface area contributed by atoms with Gasteiger partial charge >= 0.3 is 35.8 Å². The molecular weight excluding hydrogens is 516 g/mol. The zero-order valence-corrected chi connectivity index (χ0v) is 22.0. The van der Waals surface area contributed by atoms with Crippen molar-refractivity contribution >= 4 is 35.8 Å². The fraction of sp³-hybridized carbons (Fsp3) is 0.739. The number of ether oxygens (including phenoxy) is 9. The summed E-state index contributed by atoms with van der Waals surface area (Å²) in [6, 6.07) is 0. The van der Waals surface area contributed by atoms with E-state index < -0.39 is 91.1 Å². The van der Waals surface area contributed by atoms with Crippen LogP contribution < -0.4 is 0 Å². The Hall–Kier alpha value is -3.30. The van der Waals surface area contributed by atoms with Gasteiger partial charge in [0, 0.05) is 41.0 Å². The van der Waals surface area contributed by atoms with Gasteiger partial charge in [0.2, 0.25) is 6.29 Å². The predicted molar refractivity (Wildman–Crippen MR) is 118 cm³/mol. The summed E-state index contributed by atoms with van der Waals surface area (Å²) < 4.78 is 48.6. The maximum atomic E-state index is 12.3. The number of esters is 6. The Morgan fingerprint density at radius 2 is 1.11 bits per heavy atom. The average Bonchev–Trinajstić information content (AvgIpc) is 2.78. The standard InChI is InChI=1S/C23H32O15/c1-9-17(33-11(3)25)19(35-13(5)27)20(23(31-9)36-14(6)28)38-22-18(34-12(4)26)15(32-10(2)24)8-16(37-22)21(29)30-7/h9,15-20,22-23H,8H2,1-7H3/t9-,15-,16?,17-,18+,19+,20+,22+,23?/m0/s1. The van der Waals surface area contributed by atoms with Crippen molar-refractivity contribution in [3.63, 3.8) is 0 Å². The van der Waals surface area contributed by atoms with Gasteiger partial charge in [-0.2, -0.15) is 0 Å². The predicted octanol–water partition coefficient (Wildman–Crippen LogP) is -0.306. The number of carbonyl (C=O) groups is 6. The third-order valence-electron chi connectivity index (χ3n) is 5.37. The highest BCUT2D eigenvalue weighted by Gasteiger charge is 2.55. The summed E-state index contributed by atoms with van der Waals surface area (Å²) >= 11 is 0. The van der Waals surface area contributed by atoms with Crippen molar-refractivity contribution in [3.05, 3.63) is 0 Å². The fourth-order valence-corrected chi connectivity index (χ4v) is 4.07. The lowest BCUT2D eigenvalue weighted by Crippen LogP contribution is -2.64. The van der Waals surface area contributed by atoms with Crippen molar-refractivity contribution in [1.29, 1.82) is 0 Å². The summed E-state index contributed by atoms with van der Waals surface area (Å²) in [4.78, 5) is 71.6. The van der Waals surface area contributed by atoms with Gasteiger partial charge in [-0.25, -0.2) is 4.79 Å². The molecule has 0 aromatic heterocycles. The Morgan fingerprint density at radius 1 is 0.605 bits per heavy atom. The van der Waals surface area contributed by atoms with Crippen molar-refractivity contribution in [2.45, 2.75) is 103 Å². The Morgan fingerprint density at radius 3 is 1.61 bits per heavy atom. The lowest BCUT2D eigenvalue weighted by Gasteiger charge is -2.46. The molecule has 0 aromatic rings. The smallest absolute Gasteiger partial charge is 0.335 e. The van der Waals surface area contributed by atoms with Crippen LogP contribution in [0.2, 0.25) is 0 Å². The van der Waals surface area contributed by atoms with Gasteiger partial charge in [-0.15, -0.1) is 0 Å². The minimum absolute atomic E-state index is 0.251. The van der Waals surface area contributed by atoms with Crippen molar-refractivity contribution in [1.82, 2.24) is 0 Å². The second-order valence-electron chi connectivity index (χ2n) is 8.54. The van der Waals surface area contributed by atoms with Crippen LogP contribution in [0.25, 0.3) is 0 Å². The molecule has 38 heavy (non-hydrogen) atoms. The van der Waals surface area contributed by atoms with Crippen LogP contribution >= 0.6 is 0 Å². The second kappa shape index (κ2) is 13.5. The van der Waals surface area contributed by atoms with Crippen molar-refractivity contribution < 1.29 is 71.4 Å². The maximum absolute atomic E-state index is 12.3. The van der Waals surface area contributed by atoms with Gasteiger partial charge in [0.15, 0.2) is 36.8 Å². The Bertz CT molecular complexity index is 916. The van der Waals surface area contributed by atoms with Gasteiger partial charge in [-0.05, 0) is 6.92 Å². The zero-order chi connectivity index (χ0) is 28.7. The van der Waals surface area contributed by atoms with Crippen molar-refractivity contribution in [2.24, 2.45) is 0 Å². The van der Waals surface area contributed by atoms with Gasteiger partial charge in [-0.3, -0.25) is 24.0 Å². The van der Waals surface area contributed by atoms with Crippen LogP contribution in [0, 0.1) is 0 Å². The molecule has 2 heterocycles. The molecule has 2 aliphatic heterocycles. The molecule has 0 spiro atoms. The molecule has 9 atom stereocenters. The number of hydrogen-bond donors (Lipinski definition) is 0. The normalized spacial score (nSPS) is 32.8. The van der Waals surface area contributed by atoms with E-state index in [0.717, 1.165) is 41.7 Å². The van der Waals surface area contributed by atoms with Gasteiger partial charge in [0.25, 0.3) is 0 Å². The highest BCUT2D eigenvalue weighted by atomic mass is 16.8. The van der Waals surface area contributed by atoms with Crippen LogP contribution in [-0.4, -0.2) is 98.2 Å². The molecular formula is C23H32O15. The maximum Gasteiger partial charge on any atom is 0.335 e. The summed E-state index contributed by atoms with van der Waals surface area (Å²) in [7, 11) is 1.11. The molecule has 0 aliphatic carbocycles. The number of hydrogen-bond acceptors (Lipinski definition) is 15. The first kappa shape index (κ1) is 30.9. The lowest BCUT2D eigenvalue weighted by atomic mass is 9.97. The van der Waals surface area contributed by atoms with E-state index in [1.165, 1.54) is 6.92 Å². The van der Waals surface area contributed by atoms with E-state index in [-0.39, 0.29) is 6.42 Å². The lowest BCUT2D eigenvalue weighted by molar-refractivity contribution is -0.348. The molecule has 0 aromatic carbocycles.